The molecule has 69 valence electrons. The fraction of sp³-hybridized carbons (Fsp3) is 0.667. The molecule has 0 saturated heterocycles. The third kappa shape index (κ3) is 5.17. The summed E-state index contributed by atoms with van der Waals surface area (Å²) in [6, 6.07) is 0. The van der Waals surface area contributed by atoms with Crippen LogP contribution in [0.1, 0.15) is 53.4 Å². The second-order valence-electron chi connectivity index (χ2n) is 3.27. The first kappa shape index (κ1) is 11.5. The van der Waals surface area contributed by atoms with Crippen molar-refractivity contribution in [3.63, 3.8) is 0 Å². The van der Waals surface area contributed by atoms with E-state index >= 15 is 0 Å². The van der Waals surface area contributed by atoms with Gasteiger partial charge in [0.05, 0.1) is 0 Å². The third-order valence-corrected chi connectivity index (χ3v) is 1.91. The number of hydrogen-bond acceptors (Lipinski definition) is 0. The predicted octanol–water partition coefficient (Wildman–Crippen LogP) is 4.28. The molecule has 0 aliphatic rings. The minimum atomic E-state index is 1.16. The first-order valence-corrected chi connectivity index (χ1v) is 4.95. The Hall–Kier alpha value is -0.520. The molecule has 0 unspecified atom stereocenters. The van der Waals surface area contributed by atoms with Gasteiger partial charge in [0.2, 0.25) is 0 Å². The van der Waals surface area contributed by atoms with E-state index in [9.17, 15) is 0 Å². The molecule has 12 heavy (non-hydrogen) atoms. The SMILES string of the molecule is C/[C]=C(/C=C(C)CCC)CCC. The monoisotopic (exact) mass is 165 g/mol. The lowest BCUT2D eigenvalue weighted by molar-refractivity contribution is 0.885. The summed E-state index contributed by atoms with van der Waals surface area (Å²) in [4.78, 5) is 0. The normalized spacial score (nSPS) is 13.7. The van der Waals surface area contributed by atoms with E-state index in [4.69, 9.17) is 0 Å². The van der Waals surface area contributed by atoms with Crippen LogP contribution in [0.15, 0.2) is 17.2 Å². The van der Waals surface area contributed by atoms with E-state index in [1.807, 2.05) is 6.92 Å². The van der Waals surface area contributed by atoms with Crippen molar-refractivity contribution in [1.29, 1.82) is 0 Å². The third-order valence-electron chi connectivity index (χ3n) is 1.91. The highest BCUT2D eigenvalue weighted by atomic mass is 14.0. The summed E-state index contributed by atoms with van der Waals surface area (Å²) >= 11 is 0. The van der Waals surface area contributed by atoms with Crippen molar-refractivity contribution in [2.75, 3.05) is 0 Å². The molecule has 0 bridgehead atoms. The highest BCUT2D eigenvalue weighted by molar-refractivity contribution is 5.19. The van der Waals surface area contributed by atoms with Gasteiger partial charge >= 0.3 is 0 Å². The van der Waals surface area contributed by atoms with E-state index in [0.717, 1.165) is 6.42 Å². The summed E-state index contributed by atoms with van der Waals surface area (Å²) in [6.07, 6.45) is 10.4. The molecule has 0 fully saturated rings. The van der Waals surface area contributed by atoms with Crippen LogP contribution < -0.4 is 0 Å². The Kier molecular flexibility index (Phi) is 6.84. The first-order chi connectivity index (χ1) is 5.74. The van der Waals surface area contributed by atoms with Gasteiger partial charge in [0, 0.05) is 0 Å². The van der Waals surface area contributed by atoms with Crippen LogP contribution in [-0.2, 0) is 0 Å². The van der Waals surface area contributed by atoms with E-state index in [-0.39, 0.29) is 0 Å². The Morgan fingerprint density at radius 2 is 1.75 bits per heavy atom. The minimum Gasteiger partial charge on any atom is -0.0731 e. The zero-order chi connectivity index (χ0) is 9.40. The maximum Gasteiger partial charge on any atom is -0.0279 e. The lowest BCUT2D eigenvalue weighted by atomic mass is 10.1. The van der Waals surface area contributed by atoms with E-state index in [0.29, 0.717) is 0 Å². The predicted molar refractivity (Wildman–Crippen MR) is 56.0 cm³/mol. The number of allylic oxidation sites excluding steroid dienone is 4. The smallest absolute Gasteiger partial charge is 0.0279 e. The van der Waals surface area contributed by atoms with E-state index in [1.165, 1.54) is 30.4 Å². The Bertz CT molecular complexity index is 161. The van der Waals surface area contributed by atoms with Crippen LogP contribution in [0.5, 0.6) is 0 Å². The fourth-order valence-corrected chi connectivity index (χ4v) is 1.30. The van der Waals surface area contributed by atoms with E-state index in [1.54, 1.807) is 0 Å². The van der Waals surface area contributed by atoms with Crippen molar-refractivity contribution in [2.24, 2.45) is 0 Å². The minimum absolute atomic E-state index is 1.16. The topological polar surface area (TPSA) is 0 Å². The van der Waals surface area contributed by atoms with Crippen molar-refractivity contribution >= 4 is 0 Å². The van der Waals surface area contributed by atoms with Gasteiger partial charge < -0.3 is 0 Å². The molecule has 0 aliphatic carbocycles. The molecule has 0 heterocycles. The van der Waals surface area contributed by atoms with Crippen LogP contribution in [-0.4, -0.2) is 0 Å². The molecule has 0 aromatic heterocycles. The maximum atomic E-state index is 3.23. The summed E-state index contributed by atoms with van der Waals surface area (Å²) in [6.45, 7) is 8.63. The molecule has 0 aromatic carbocycles. The fourth-order valence-electron chi connectivity index (χ4n) is 1.30. The van der Waals surface area contributed by atoms with Gasteiger partial charge in [-0.1, -0.05) is 38.3 Å². The molecule has 0 spiro atoms. The van der Waals surface area contributed by atoms with Gasteiger partial charge in [0.25, 0.3) is 0 Å². The molecular weight excluding hydrogens is 144 g/mol. The molecule has 0 N–H and O–H groups in total. The van der Waals surface area contributed by atoms with Crippen molar-refractivity contribution < 1.29 is 0 Å². The van der Waals surface area contributed by atoms with Crippen LogP contribution in [0.4, 0.5) is 0 Å². The van der Waals surface area contributed by atoms with E-state index < -0.39 is 0 Å². The average molecular weight is 165 g/mol. The zero-order valence-corrected chi connectivity index (χ0v) is 8.91. The van der Waals surface area contributed by atoms with Crippen molar-refractivity contribution in [3.8, 4) is 0 Å². The molecule has 0 aromatic rings. The Balaban J connectivity index is 4.07. The molecular formula is C12H21. The Morgan fingerprint density at radius 3 is 2.17 bits per heavy atom. The second-order valence-corrected chi connectivity index (χ2v) is 3.27. The molecule has 0 amide bonds. The van der Waals surface area contributed by atoms with Gasteiger partial charge in [0.1, 0.15) is 0 Å². The molecule has 0 nitrogen and oxygen atoms in total. The molecule has 1 radical (unpaired) electrons. The molecule has 0 saturated carbocycles. The van der Waals surface area contributed by atoms with Gasteiger partial charge in [-0.25, -0.2) is 0 Å². The summed E-state index contributed by atoms with van der Waals surface area (Å²) in [5.41, 5.74) is 2.85. The van der Waals surface area contributed by atoms with E-state index in [2.05, 4.69) is 32.9 Å². The van der Waals surface area contributed by atoms with Crippen LogP contribution in [0.3, 0.4) is 0 Å². The molecule has 0 heteroatoms. The molecule has 0 rings (SSSR count). The number of rotatable bonds is 5. The lowest BCUT2D eigenvalue weighted by Crippen LogP contribution is -1.81. The van der Waals surface area contributed by atoms with Gasteiger partial charge in [0.15, 0.2) is 0 Å². The van der Waals surface area contributed by atoms with Crippen LogP contribution in [0.2, 0.25) is 0 Å². The van der Waals surface area contributed by atoms with Crippen LogP contribution in [0.25, 0.3) is 0 Å². The summed E-state index contributed by atoms with van der Waals surface area (Å²) in [5, 5.41) is 0. The van der Waals surface area contributed by atoms with Crippen LogP contribution in [0, 0.1) is 6.08 Å². The lowest BCUT2D eigenvalue weighted by Gasteiger charge is -2.01. The number of hydrogen-bond donors (Lipinski definition) is 0. The Labute approximate surface area is 77.4 Å². The standard InChI is InChI=1S/C12H21/c1-5-8-11(4)10-12(7-3)9-6-2/h10H,5-6,8-9H2,1-4H3. The average Bonchev–Trinajstić information content (AvgIpc) is 2.04. The highest BCUT2D eigenvalue weighted by Gasteiger charge is 1.92. The van der Waals surface area contributed by atoms with Gasteiger partial charge in [-0.05, 0) is 38.3 Å². The maximum absolute atomic E-state index is 3.23. The second kappa shape index (κ2) is 7.15. The summed E-state index contributed by atoms with van der Waals surface area (Å²) in [7, 11) is 0. The van der Waals surface area contributed by atoms with Gasteiger partial charge in [-0.15, -0.1) is 0 Å². The highest BCUT2D eigenvalue weighted by Crippen LogP contribution is 2.11. The van der Waals surface area contributed by atoms with Crippen molar-refractivity contribution in [1.82, 2.24) is 0 Å². The van der Waals surface area contributed by atoms with Gasteiger partial charge in [-0.3, -0.25) is 0 Å². The van der Waals surface area contributed by atoms with Crippen LogP contribution >= 0.6 is 0 Å². The Morgan fingerprint density at radius 1 is 1.17 bits per heavy atom. The molecule has 0 aliphatic heterocycles. The van der Waals surface area contributed by atoms with Crippen molar-refractivity contribution in [2.45, 2.75) is 53.4 Å². The summed E-state index contributed by atoms with van der Waals surface area (Å²) in [5.74, 6) is 0. The largest absolute Gasteiger partial charge is 0.0731 e. The first-order valence-electron chi connectivity index (χ1n) is 4.95. The van der Waals surface area contributed by atoms with Gasteiger partial charge in [-0.2, -0.15) is 0 Å². The summed E-state index contributed by atoms with van der Waals surface area (Å²) < 4.78 is 0. The zero-order valence-electron chi connectivity index (χ0n) is 8.91. The van der Waals surface area contributed by atoms with Crippen molar-refractivity contribution in [3.05, 3.63) is 23.3 Å². The quantitative estimate of drug-likeness (QED) is 0.533. The molecule has 0 atom stereocenters.